The van der Waals surface area contributed by atoms with Gasteiger partial charge in [-0.2, -0.15) is 0 Å². The lowest BCUT2D eigenvalue weighted by Crippen LogP contribution is -2.10. The molecule has 2 nitrogen and oxygen atoms in total. The van der Waals surface area contributed by atoms with Gasteiger partial charge < -0.3 is 5.73 Å². The Morgan fingerprint density at radius 3 is 2.76 bits per heavy atom. The third-order valence-corrected chi connectivity index (χ3v) is 4.80. The predicted octanol–water partition coefficient (Wildman–Crippen LogP) is 2.85. The maximum atomic E-state index is 13.6. The lowest BCUT2D eigenvalue weighted by molar-refractivity contribution is 0.600. The average Bonchev–Trinajstić information content (AvgIpc) is 2.77. The molecule has 1 fully saturated rings. The van der Waals surface area contributed by atoms with Crippen LogP contribution in [-0.2, 0) is 16.6 Å². The Balaban J connectivity index is 1.95. The number of halogens is 1. The van der Waals surface area contributed by atoms with Crippen molar-refractivity contribution in [2.45, 2.75) is 31.4 Å². The molecule has 1 unspecified atom stereocenters. The first-order valence-electron chi connectivity index (χ1n) is 6.04. The number of hydrogen-bond donors (Lipinski definition) is 1. The minimum absolute atomic E-state index is 0.139. The Morgan fingerprint density at radius 2 is 2.06 bits per heavy atom. The summed E-state index contributed by atoms with van der Waals surface area (Å²) in [4.78, 5) is 0. The van der Waals surface area contributed by atoms with Crippen LogP contribution in [0.4, 0.5) is 10.1 Å². The number of anilines is 1. The highest BCUT2D eigenvalue weighted by Crippen LogP contribution is 2.26. The van der Waals surface area contributed by atoms with Crippen LogP contribution in [-0.4, -0.2) is 9.96 Å². The highest BCUT2D eigenvalue weighted by molar-refractivity contribution is 7.84. The molecule has 2 rings (SSSR count). The minimum atomic E-state index is -0.975. The van der Waals surface area contributed by atoms with E-state index in [0.717, 1.165) is 0 Å². The second-order valence-corrected chi connectivity index (χ2v) is 6.22. The van der Waals surface area contributed by atoms with E-state index in [1.165, 1.54) is 31.7 Å². The largest absolute Gasteiger partial charge is 0.396 e. The van der Waals surface area contributed by atoms with Gasteiger partial charge in [-0.3, -0.25) is 4.21 Å². The van der Waals surface area contributed by atoms with Crippen molar-refractivity contribution < 1.29 is 8.60 Å². The molecule has 1 aromatic rings. The summed E-state index contributed by atoms with van der Waals surface area (Å²) in [5, 5.41) is 0. The topological polar surface area (TPSA) is 43.1 Å². The number of nitrogen functional groups attached to an aromatic ring is 1. The van der Waals surface area contributed by atoms with Crippen molar-refractivity contribution in [1.82, 2.24) is 0 Å². The van der Waals surface area contributed by atoms with Gasteiger partial charge in [0.1, 0.15) is 5.82 Å². The van der Waals surface area contributed by atoms with Crippen molar-refractivity contribution >= 4 is 16.5 Å². The summed E-state index contributed by atoms with van der Waals surface area (Å²) in [6.07, 6.45) is 4.83. The molecule has 1 aliphatic carbocycles. The van der Waals surface area contributed by atoms with Crippen LogP contribution in [0.3, 0.4) is 0 Å². The van der Waals surface area contributed by atoms with Crippen molar-refractivity contribution in [3.05, 3.63) is 29.6 Å². The maximum absolute atomic E-state index is 13.6. The summed E-state index contributed by atoms with van der Waals surface area (Å²) < 4.78 is 25.6. The second kappa shape index (κ2) is 5.63. The third kappa shape index (κ3) is 3.28. The zero-order valence-corrected chi connectivity index (χ0v) is 10.6. The van der Waals surface area contributed by atoms with E-state index < -0.39 is 16.6 Å². The number of hydrogen-bond acceptors (Lipinski definition) is 2. The molecule has 1 aromatic carbocycles. The van der Waals surface area contributed by atoms with E-state index >= 15 is 0 Å². The summed E-state index contributed by atoms with van der Waals surface area (Å²) in [5.41, 5.74) is 6.10. The van der Waals surface area contributed by atoms with Crippen molar-refractivity contribution in [3.63, 3.8) is 0 Å². The summed E-state index contributed by atoms with van der Waals surface area (Å²) in [6, 6.07) is 4.90. The molecular weight excluding hydrogens is 237 g/mol. The first kappa shape index (κ1) is 12.6. The maximum Gasteiger partial charge on any atom is 0.150 e. The molecule has 0 heterocycles. The van der Waals surface area contributed by atoms with Gasteiger partial charge in [0, 0.05) is 22.1 Å². The lowest BCUT2D eigenvalue weighted by atomic mass is 10.1. The van der Waals surface area contributed by atoms with Gasteiger partial charge in [0.2, 0.25) is 0 Å². The quantitative estimate of drug-likeness (QED) is 0.841. The Bertz CT molecular complexity index is 416. The van der Waals surface area contributed by atoms with Gasteiger partial charge in [0.05, 0.1) is 11.4 Å². The van der Waals surface area contributed by atoms with Crippen LogP contribution in [0.2, 0.25) is 0 Å². The molecule has 1 saturated carbocycles. The van der Waals surface area contributed by atoms with Crippen LogP contribution in [0.25, 0.3) is 0 Å². The van der Waals surface area contributed by atoms with E-state index in [-0.39, 0.29) is 11.4 Å². The molecule has 0 aromatic heterocycles. The van der Waals surface area contributed by atoms with Crippen LogP contribution < -0.4 is 5.73 Å². The van der Waals surface area contributed by atoms with E-state index in [1.807, 2.05) is 0 Å². The Labute approximate surface area is 104 Å². The Kier molecular flexibility index (Phi) is 4.15. The van der Waals surface area contributed by atoms with Gasteiger partial charge in [0.15, 0.2) is 0 Å². The molecule has 0 bridgehead atoms. The Morgan fingerprint density at radius 1 is 1.35 bits per heavy atom. The van der Waals surface area contributed by atoms with E-state index in [0.29, 0.717) is 17.2 Å². The molecule has 4 heteroatoms. The second-order valence-electron chi connectivity index (χ2n) is 4.72. The van der Waals surface area contributed by atoms with E-state index in [4.69, 9.17) is 5.73 Å². The first-order valence-corrected chi connectivity index (χ1v) is 7.53. The normalized spacial score (nSPS) is 18.4. The molecule has 0 saturated heterocycles. The smallest absolute Gasteiger partial charge is 0.150 e. The molecule has 0 amide bonds. The zero-order valence-electron chi connectivity index (χ0n) is 9.82. The molecular formula is C13H18FNOS. The fourth-order valence-corrected chi connectivity index (χ4v) is 3.93. The molecule has 2 N–H and O–H groups in total. The molecule has 0 aliphatic heterocycles. The molecule has 0 radical (unpaired) electrons. The van der Waals surface area contributed by atoms with E-state index in [9.17, 15) is 8.60 Å². The fraction of sp³-hybridized carbons (Fsp3) is 0.538. The summed E-state index contributed by atoms with van der Waals surface area (Å²) in [5.74, 6) is 1.15. The highest BCUT2D eigenvalue weighted by Gasteiger charge is 2.18. The van der Waals surface area contributed by atoms with Crippen LogP contribution in [0.1, 0.15) is 31.2 Å². The van der Waals surface area contributed by atoms with E-state index in [2.05, 4.69) is 0 Å². The van der Waals surface area contributed by atoms with Gasteiger partial charge in [-0.05, 0) is 24.8 Å². The summed E-state index contributed by atoms with van der Waals surface area (Å²) in [7, 11) is -0.975. The van der Waals surface area contributed by atoms with Crippen LogP contribution in [0.15, 0.2) is 18.2 Å². The van der Waals surface area contributed by atoms with Crippen LogP contribution >= 0.6 is 0 Å². The fourth-order valence-electron chi connectivity index (χ4n) is 2.38. The number of nitrogens with two attached hydrogens (primary N) is 1. The standard InChI is InChI=1S/C13H18FNOS/c14-13-11(6-3-7-12(13)15)9-17(16)8-10-4-1-2-5-10/h3,6-7,10H,1-2,4-5,8-9,15H2. The molecule has 94 valence electrons. The van der Waals surface area contributed by atoms with Gasteiger partial charge in [-0.25, -0.2) is 4.39 Å². The average molecular weight is 255 g/mol. The zero-order chi connectivity index (χ0) is 12.3. The number of rotatable bonds is 4. The van der Waals surface area contributed by atoms with Gasteiger partial charge in [0.25, 0.3) is 0 Å². The lowest BCUT2D eigenvalue weighted by Gasteiger charge is -2.09. The Hall–Kier alpha value is -0.900. The third-order valence-electron chi connectivity index (χ3n) is 3.32. The van der Waals surface area contributed by atoms with Gasteiger partial charge >= 0.3 is 0 Å². The highest BCUT2D eigenvalue weighted by atomic mass is 32.2. The minimum Gasteiger partial charge on any atom is -0.396 e. The van der Waals surface area contributed by atoms with Crippen molar-refractivity contribution in [2.75, 3.05) is 11.5 Å². The summed E-state index contributed by atoms with van der Waals surface area (Å²) >= 11 is 0. The van der Waals surface area contributed by atoms with Gasteiger partial charge in [-0.1, -0.05) is 25.0 Å². The number of benzene rings is 1. The summed E-state index contributed by atoms with van der Waals surface area (Å²) in [6.45, 7) is 0. The SMILES string of the molecule is Nc1cccc(CS(=O)CC2CCCC2)c1F. The first-order chi connectivity index (χ1) is 8.16. The molecule has 0 spiro atoms. The van der Waals surface area contributed by atoms with Crippen molar-refractivity contribution in [1.29, 1.82) is 0 Å². The molecule has 1 aliphatic rings. The van der Waals surface area contributed by atoms with Gasteiger partial charge in [-0.15, -0.1) is 0 Å². The monoisotopic (exact) mass is 255 g/mol. The van der Waals surface area contributed by atoms with Crippen molar-refractivity contribution in [3.8, 4) is 0 Å². The van der Waals surface area contributed by atoms with Crippen LogP contribution in [0.5, 0.6) is 0 Å². The van der Waals surface area contributed by atoms with Crippen LogP contribution in [0, 0.1) is 11.7 Å². The molecule has 1 atom stereocenters. The predicted molar refractivity (Wildman–Crippen MR) is 69.5 cm³/mol. The van der Waals surface area contributed by atoms with Crippen molar-refractivity contribution in [2.24, 2.45) is 5.92 Å². The molecule has 17 heavy (non-hydrogen) atoms. The van der Waals surface area contributed by atoms with E-state index in [1.54, 1.807) is 12.1 Å².